The summed E-state index contributed by atoms with van der Waals surface area (Å²) in [4.78, 5) is 12.4. The Hall–Kier alpha value is -2.54. The largest absolute Gasteiger partial charge is 0.496 e. The smallest absolute Gasteiger partial charge is 0.219 e. The number of hydrogen-bond donors (Lipinski definition) is 0. The molecule has 0 spiro atoms. The van der Waals surface area contributed by atoms with E-state index in [2.05, 4.69) is 0 Å². The highest BCUT2D eigenvalue weighted by atomic mass is 16.5. The molecular formula is C15H13NO3. The molecule has 4 heteroatoms. The Morgan fingerprint density at radius 1 is 1.37 bits per heavy atom. The lowest BCUT2D eigenvalue weighted by Gasteiger charge is -2.11. The molecule has 0 saturated carbocycles. The van der Waals surface area contributed by atoms with Gasteiger partial charge in [-0.2, -0.15) is 5.26 Å². The second-order valence-electron chi connectivity index (χ2n) is 4.10. The first-order chi connectivity index (χ1) is 9.19. The van der Waals surface area contributed by atoms with Gasteiger partial charge in [0.05, 0.1) is 19.4 Å². The maximum atomic E-state index is 12.4. The van der Waals surface area contributed by atoms with Crippen molar-refractivity contribution in [3.8, 4) is 11.8 Å². The molecule has 1 unspecified atom stereocenters. The van der Waals surface area contributed by atoms with Gasteiger partial charge in [0.1, 0.15) is 11.7 Å². The van der Waals surface area contributed by atoms with Crippen molar-refractivity contribution in [1.29, 1.82) is 5.26 Å². The predicted molar refractivity (Wildman–Crippen MR) is 69.1 cm³/mol. The van der Waals surface area contributed by atoms with Gasteiger partial charge in [-0.3, -0.25) is 4.79 Å². The Labute approximate surface area is 111 Å². The van der Waals surface area contributed by atoms with Gasteiger partial charge in [-0.15, -0.1) is 0 Å². The Bertz CT molecular complexity index is 637. The maximum Gasteiger partial charge on any atom is 0.219 e. The van der Waals surface area contributed by atoms with Gasteiger partial charge in [-0.1, -0.05) is 18.2 Å². The van der Waals surface area contributed by atoms with Crippen molar-refractivity contribution < 1.29 is 13.9 Å². The summed E-state index contributed by atoms with van der Waals surface area (Å²) in [6.45, 7) is 1.77. The van der Waals surface area contributed by atoms with E-state index < -0.39 is 5.92 Å². The minimum Gasteiger partial charge on any atom is -0.496 e. The highest BCUT2D eigenvalue weighted by Gasteiger charge is 2.27. The van der Waals surface area contributed by atoms with Crippen LogP contribution in [0.4, 0.5) is 0 Å². The van der Waals surface area contributed by atoms with Crippen molar-refractivity contribution in [2.75, 3.05) is 7.11 Å². The number of furan rings is 1. The first-order valence-corrected chi connectivity index (χ1v) is 5.80. The number of carbonyl (C=O) groups is 1. The molecule has 0 N–H and O–H groups in total. The quantitative estimate of drug-likeness (QED) is 0.787. The second kappa shape index (κ2) is 5.40. The van der Waals surface area contributed by atoms with Crippen molar-refractivity contribution in [2.45, 2.75) is 12.8 Å². The predicted octanol–water partition coefficient (Wildman–Crippen LogP) is 3.09. The molecule has 0 aliphatic carbocycles. The van der Waals surface area contributed by atoms with Crippen molar-refractivity contribution >= 4 is 5.78 Å². The van der Waals surface area contributed by atoms with E-state index in [0.717, 1.165) is 5.56 Å². The molecule has 0 aliphatic heterocycles. The van der Waals surface area contributed by atoms with E-state index in [0.29, 0.717) is 11.3 Å². The number of nitriles is 1. The summed E-state index contributed by atoms with van der Waals surface area (Å²) in [5, 5.41) is 9.29. The number of rotatable bonds is 4. The molecular weight excluding hydrogens is 242 g/mol. The number of carbonyl (C=O) groups excluding carboxylic acids is 1. The number of Topliss-reactive ketones (excluding diaryl/α,β-unsaturated/α-hetero) is 1. The topological polar surface area (TPSA) is 63.2 Å². The third kappa shape index (κ3) is 2.36. The van der Waals surface area contributed by atoms with Crippen LogP contribution in [0.1, 0.15) is 27.6 Å². The van der Waals surface area contributed by atoms with Crippen LogP contribution in [0.2, 0.25) is 0 Å². The van der Waals surface area contributed by atoms with Crippen LogP contribution >= 0.6 is 0 Å². The summed E-state index contributed by atoms with van der Waals surface area (Å²) < 4.78 is 10.4. The second-order valence-corrected chi connectivity index (χ2v) is 4.10. The maximum absolute atomic E-state index is 12.4. The summed E-state index contributed by atoms with van der Waals surface area (Å²) in [6, 6.07) is 10.7. The zero-order valence-corrected chi connectivity index (χ0v) is 10.7. The number of hydrogen-bond acceptors (Lipinski definition) is 4. The molecule has 4 nitrogen and oxygen atoms in total. The summed E-state index contributed by atoms with van der Waals surface area (Å²) in [6.07, 6.45) is 1.44. The fraction of sp³-hybridized carbons (Fsp3) is 0.200. The Kier molecular flexibility index (Phi) is 3.67. The van der Waals surface area contributed by atoms with Crippen LogP contribution in [0.3, 0.4) is 0 Å². The zero-order valence-electron chi connectivity index (χ0n) is 10.7. The van der Waals surface area contributed by atoms with Gasteiger partial charge >= 0.3 is 0 Å². The number of nitrogens with zero attached hydrogens (tertiary/aromatic N) is 1. The molecule has 1 atom stereocenters. The summed E-state index contributed by atoms with van der Waals surface area (Å²) in [5.41, 5.74) is 1.27. The zero-order chi connectivity index (χ0) is 13.8. The van der Waals surface area contributed by atoms with Crippen LogP contribution in [-0.2, 0) is 0 Å². The average Bonchev–Trinajstić information content (AvgIpc) is 2.86. The van der Waals surface area contributed by atoms with E-state index in [1.54, 1.807) is 37.3 Å². The standard InChI is InChI=1S/C15H13NO3/c1-10-7-8-19-15(10)14(17)12(9-16)11-5-3-4-6-13(11)18-2/h3-8,12H,1-2H3. The van der Waals surface area contributed by atoms with Crippen LogP contribution in [0.15, 0.2) is 41.0 Å². The van der Waals surface area contributed by atoms with Crippen LogP contribution in [0.5, 0.6) is 5.75 Å². The molecule has 0 saturated heterocycles. The molecule has 0 fully saturated rings. The lowest BCUT2D eigenvalue weighted by atomic mass is 9.93. The van der Waals surface area contributed by atoms with Crippen molar-refractivity contribution in [3.63, 3.8) is 0 Å². The first-order valence-electron chi connectivity index (χ1n) is 5.80. The molecule has 0 amide bonds. The van der Waals surface area contributed by atoms with Crippen LogP contribution in [-0.4, -0.2) is 12.9 Å². The van der Waals surface area contributed by atoms with E-state index in [-0.39, 0.29) is 11.5 Å². The fourth-order valence-electron chi connectivity index (χ4n) is 1.93. The third-order valence-corrected chi connectivity index (χ3v) is 2.93. The number of aryl methyl sites for hydroxylation is 1. The summed E-state index contributed by atoms with van der Waals surface area (Å²) >= 11 is 0. The third-order valence-electron chi connectivity index (χ3n) is 2.93. The highest BCUT2D eigenvalue weighted by molar-refractivity contribution is 6.02. The number of para-hydroxylation sites is 1. The molecule has 1 heterocycles. The number of benzene rings is 1. The van der Waals surface area contributed by atoms with Gasteiger partial charge in [-0.05, 0) is 24.6 Å². The van der Waals surface area contributed by atoms with Crippen LogP contribution in [0.25, 0.3) is 0 Å². The molecule has 0 radical (unpaired) electrons. The number of ketones is 1. The van der Waals surface area contributed by atoms with Crippen LogP contribution in [0, 0.1) is 18.3 Å². The molecule has 1 aromatic heterocycles. The minimum atomic E-state index is -0.930. The van der Waals surface area contributed by atoms with E-state index in [9.17, 15) is 10.1 Å². The van der Waals surface area contributed by atoms with Crippen molar-refractivity contribution in [2.24, 2.45) is 0 Å². The molecule has 2 aromatic rings. The molecule has 1 aromatic carbocycles. The van der Waals surface area contributed by atoms with Gasteiger partial charge in [0.2, 0.25) is 5.78 Å². The molecule has 19 heavy (non-hydrogen) atoms. The van der Waals surface area contributed by atoms with Crippen molar-refractivity contribution in [3.05, 3.63) is 53.5 Å². The lowest BCUT2D eigenvalue weighted by Crippen LogP contribution is -2.12. The van der Waals surface area contributed by atoms with E-state index in [1.807, 2.05) is 6.07 Å². The number of methoxy groups -OCH3 is 1. The normalized spacial score (nSPS) is 11.6. The summed E-state index contributed by atoms with van der Waals surface area (Å²) in [7, 11) is 1.51. The Morgan fingerprint density at radius 3 is 2.68 bits per heavy atom. The van der Waals surface area contributed by atoms with Gasteiger partial charge in [0.15, 0.2) is 5.76 Å². The van der Waals surface area contributed by atoms with E-state index in [4.69, 9.17) is 9.15 Å². The van der Waals surface area contributed by atoms with Gasteiger partial charge in [0.25, 0.3) is 0 Å². The fourth-order valence-corrected chi connectivity index (χ4v) is 1.93. The average molecular weight is 255 g/mol. The monoisotopic (exact) mass is 255 g/mol. The van der Waals surface area contributed by atoms with Gasteiger partial charge in [0, 0.05) is 5.56 Å². The van der Waals surface area contributed by atoms with E-state index >= 15 is 0 Å². The molecule has 96 valence electrons. The first kappa shape index (κ1) is 12.9. The Balaban J connectivity index is 2.44. The summed E-state index contributed by atoms with van der Waals surface area (Å²) in [5.74, 6) is -0.542. The van der Waals surface area contributed by atoms with Gasteiger partial charge in [-0.25, -0.2) is 0 Å². The van der Waals surface area contributed by atoms with Crippen molar-refractivity contribution in [1.82, 2.24) is 0 Å². The molecule has 0 bridgehead atoms. The highest BCUT2D eigenvalue weighted by Crippen LogP contribution is 2.29. The van der Waals surface area contributed by atoms with Gasteiger partial charge < -0.3 is 9.15 Å². The molecule has 0 aliphatic rings. The Morgan fingerprint density at radius 2 is 2.11 bits per heavy atom. The minimum absolute atomic E-state index is 0.220. The van der Waals surface area contributed by atoms with E-state index in [1.165, 1.54) is 13.4 Å². The SMILES string of the molecule is COc1ccccc1C(C#N)C(=O)c1occc1C. The lowest BCUT2D eigenvalue weighted by molar-refractivity contribution is 0.0950. The number of ether oxygens (including phenoxy) is 1. The molecule has 2 rings (SSSR count). The van der Waals surface area contributed by atoms with Crippen LogP contribution < -0.4 is 4.74 Å².